The molecule has 1 aliphatic rings. The van der Waals surface area contributed by atoms with Crippen LogP contribution in [0.2, 0.25) is 0 Å². The van der Waals surface area contributed by atoms with Gasteiger partial charge in [-0.1, -0.05) is 30.3 Å². The van der Waals surface area contributed by atoms with E-state index in [4.69, 9.17) is 0 Å². The molecule has 0 saturated heterocycles. The molecule has 0 radical (unpaired) electrons. The number of nitrogens with zero attached hydrogens (tertiary/aromatic N) is 2. The number of Topliss-reactive ketones (excluding diaryl/α,β-unsaturated/α-hetero) is 2. The fourth-order valence-corrected chi connectivity index (χ4v) is 3.94. The molecule has 152 valence electrons. The van der Waals surface area contributed by atoms with E-state index >= 15 is 0 Å². The van der Waals surface area contributed by atoms with E-state index in [0.717, 1.165) is 0 Å². The van der Waals surface area contributed by atoms with Crippen molar-refractivity contribution in [2.24, 2.45) is 0 Å². The smallest absolute Gasteiger partial charge is 0.262 e. The van der Waals surface area contributed by atoms with Crippen LogP contribution in [-0.4, -0.2) is 27.0 Å². The van der Waals surface area contributed by atoms with Gasteiger partial charge < -0.3 is 5.32 Å². The van der Waals surface area contributed by atoms with Crippen molar-refractivity contribution in [1.29, 1.82) is 0 Å². The number of ketones is 2. The van der Waals surface area contributed by atoms with Gasteiger partial charge in [-0.15, -0.1) is 0 Å². The highest BCUT2D eigenvalue weighted by Gasteiger charge is 2.31. The lowest BCUT2D eigenvalue weighted by molar-refractivity contribution is -0.132. The molecular weight excluding hydrogens is 382 g/mol. The molecule has 0 bridgehead atoms. The number of amides is 1. The molecule has 30 heavy (non-hydrogen) atoms. The minimum atomic E-state index is -0.681. The van der Waals surface area contributed by atoms with Crippen LogP contribution in [0.25, 0.3) is 10.9 Å². The van der Waals surface area contributed by atoms with Crippen molar-refractivity contribution in [2.45, 2.75) is 38.8 Å². The Morgan fingerprint density at radius 3 is 2.60 bits per heavy atom. The number of benzene rings is 2. The Kier molecular flexibility index (Phi) is 5.27. The van der Waals surface area contributed by atoms with Crippen LogP contribution in [0, 0.1) is 6.92 Å². The summed E-state index contributed by atoms with van der Waals surface area (Å²) < 4.78 is 1.40. The van der Waals surface area contributed by atoms with Crippen LogP contribution in [0.15, 0.2) is 53.3 Å². The van der Waals surface area contributed by atoms with Gasteiger partial charge in [0.1, 0.15) is 11.6 Å². The van der Waals surface area contributed by atoms with Crippen molar-refractivity contribution in [2.75, 3.05) is 0 Å². The van der Waals surface area contributed by atoms with Gasteiger partial charge in [-0.2, -0.15) is 0 Å². The first-order valence-corrected chi connectivity index (χ1v) is 9.84. The van der Waals surface area contributed by atoms with Crippen molar-refractivity contribution in [3.63, 3.8) is 0 Å². The Balaban J connectivity index is 1.71. The van der Waals surface area contributed by atoms with E-state index in [1.165, 1.54) is 4.57 Å². The summed E-state index contributed by atoms with van der Waals surface area (Å²) in [6.07, 6.45) is 0.428. The molecule has 7 heteroatoms. The summed E-state index contributed by atoms with van der Waals surface area (Å²) in [4.78, 5) is 54.3. The summed E-state index contributed by atoms with van der Waals surface area (Å²) in [5.41, 5.74) is 1.35. The summed E-state index contributed by atoms with van der Waals surface area (Å²) in [5.74, 6) is -0.160. The Bertz CT molecular complexity index is 1210. The maximum Gasteiger partial charge on any atom is 0.262 e. The SMILES string of the molecule is Cc1nc2cccc(CNC(=O)c3ccccc3)c2c(=O)n1C1CCC(=O)CC1=O. The normalized spacial score (nSPS) is 16.6. The number of aryl methyl sites for hydroxylation is 1. The molecule has 0 aliphatic heterocycles. The first-order chi connectivity index (χ1) is 14.5. The Hall–Kier alpha value is -3.61. The molecular formula is C23H21N3O4. The monoisotopic (exact) mass is 403 g/mol. The van der Waals surface area contributed by atoms with Crippen LogP contribution in [0.1, 0.15) is 47.1 Å². The Morgan fingerprint density at radius 2 is 1.87 bits per heavy atom. The molecule has 0 spiro atoms. The van der Waals surface area contributed by atoms with Crippen molar-refractivity contribution in [1.82, 2.24) is 14.9 Å². The largest absolute Gasteiger partial charge is 0.348 e. The molecule has 7 nitrogen and oxygen atoms in total. The fourth-order valence-electron chi connectivity index (χ4n) is 3.94. The number of nitrogens with one attached hydrogen (secondary N) is 1. The molecule has 1 aliphatic carbocycles. The van der Waals surface area contributed by atoms with Crippen LogP contribution >= 0.6 is 0 Å². The third-order valence-electron chi connectivity index (χ3n) is 5.42. The minimum Gasteiger partial charge on any atom is -0.348 e. The number of hydrogen-bond donors (Lipinski definition) is 1. The zero-order valence-electron chi connectivity index (χ0n) is 16.6. The minimum absolute atomic E-state index is 0.0972. The van der Waals surface area contributed by atoms with Crippen LogP contribution in [0.5, 0.6) is 0 Å². The first kappa shape index (κ1) is 19.7. The van der Waals surface area contributed by atoms with Crippen molar-refractivity contribution in [3.8, 4) is 0 Å². The zero-order valence-corrected chi connectivity index (χ0v) is 16.6. The fraction of sp³-hybridized carbons (Fsp3) is 0.261. The molecule has 1 N–H and O–H groups in total. The highest BCUT2D eigenvalue weighted by molar-refractivity contribution is 6.03. The predicted molar refractivity (Wildman–Crippen MR) is 111 cm³/mol. The molecule has 1 atom stereocenters. The van der Waals surface area contributed by atoms with Gasteiger partial charge in [-0.25, -0.2) is 4.98 Å². The summed E-state index contributed by atoms with van der Waals surface area (Å²) in [7, 11) is 0. The number of aromatic nitrogens is 2. The molecule has 2 aromatic carbocycles. The van der Waals surface area contributed by atoms with Crippen molar-refractivity contribution in [3.05, 3.63) is 75.8 Å². The second kappa shape index (κ2) is 8.02. The van der Waals surface area contributed by atoms with Crippen LogP contribution in [0.3, 0.4) is 0 Å². The standard InChI is InChI=1S/C23H21N3O4/c1-14-25-18-9-5-8-16(13-24-22(29)15-6-3-2-4-7-15)21(18)23(30)26(14)19-11-10-17(27)12-20(19)28/h2-9,19H,10-13H2,1H3,(H,24,29). The van der Waals surface area contributed by atoms with Gasteiger partial charge in [0, 0.05) is 18.5 Å². The van der Waals surface area contributed by atoms with Crippen LogP contribution in [0.4, 0.5) is 0 Å². The molecule has 1 unspecified atom stereocenters. The number of rotatable bonds is 4. The van der Waals surface area contributed by atoms with E-state index in [-0.39, 0.29) is 42.4 Å². The van der Waals surface area contributed by atoms with Crippen molar-refractivity contribution >= 4 is 28.4 Å². The lowest BCUT2D eigenvalue weighted by Gasteiger charge is -2.24. The summed E-state index contributed by atoms with van der Waals surface area (Å²) in [6.45, 7) is 1.84. The first-order valence-electron chi connectivity index (χ1n) is 9.84. The summed E-state index contributed by atoms with van der Waals surface area (Å²) in [6, 6.07) is 13.4. The van der Waals surface area contributed by atoms with Gasteiger partial charge in [0.05, 0.1) is 23.4 Å². The average Bonchev–Trinajstić information content (AvgIpc) is 2.73. The maximum absolute atomic E-state index is 13.4. The van der Waals surface area contributed by atoms with E-state index in [9.17, 15) is 19.2 Å². The third kappa shape index (κ3) is 3.66. The number of carbonyl (C=O) groups is 3. The molecule has 1 heterocycles. The van der Waals surface area contributed by atoms with Gasteiger partial charge in [0.2, 0.25) is 0 Å². The van der Waals surface area contributed by atoms with E-state index in [1.807, 2.05) is 6.07 Å². The average molecular weight is 403 g/mol. The van der Waals surface area contributed by atoms with Gasteiger partial charge in [-0.3, -0.25) is 23.7 Å². The zero-order chi connectivity index (χ0) is 21.3. The number of carbonyl (C=O) groups excluding carboxylic acids is 3. The Morgan fingerprint density at radius 1 is 1.10 bits per heavy atom. The number of fused-ring (bicyclic) bond motifs is 1. The summed E-state index contributed by atoms with van der Waals surface area (Å²) in [5, 5.41) is 3.21. The Labute approximate surface area is 172 Å². The van der Waals surface area contributed by atoms with Crippen LogP contribution < -0.4 is 10.9 Å². The highest BCUT2D eigenvalue weighted by atomic mass is 16.2. The lowest BCUT2D eigenvalue weighted by Crippen LogP contribution is -2.36. The van der Waals surface area contributed by atoms with E-state index in [1.54, 1.807) is 49.4 Å². The van der Waals surface area contributed by atoms with E-state index < -0.39 is 6.04 Å². The van der Waals surface area contributed by atoms with Gasteiger partial charge >= 0.3 is 0 Å². The van der Waals surface area contributed by atoms with Gasteiger partial charge in [0.15, 0.2) is 5.78 Å². The lowest BCUT2D eigenvalue weighted by atomic mass is 9.92. The molecule has 1 amide bonds. The van der Waals surface area contributed by atoms with Crippen LogP contribution in [-0.2, 0) is 16.1 Å². The second-order valence-corrected chi connectivity index (χ2v) is 7.43. The van der Waals surface area contributed by atoms with E-state index in [2.05, 4.69) is 10.3 Å². The second-order valence-electron chi connectivity index (χ2n) is 7.43. The molecule has 4 rings (SSSR count). The molecule has 3 aromatic rings. The van der Waals surface area contributed by atoms with Gasteiger partial charge in [-0.05, 0) is 37.1 Å². The maximum atomic E-state index is 13.4. The summed E-state index contributed by atoms with van der Waals surface area (Å²) >= 11 is 0. The quantitative estimate of drug-likeness (QED) is 0.675. The molecule has 1 saturated carbocycles. The van der Waals surface area contributed by atoms with Crippen molar-refractivity contribution < 1.29 is 14.4 Å². The number of hydrogen-bond acceptors (Lipinski definition) is 5. The third-order valence-corrected chi connectivity index (χ3v) is 5.42. The van der Waals surface area contributed by atoms with E-state index in [0.29, 0.717) is 34.3 Å². The predicted octanol–water partition coefficient (Wildman–Crippen LogP) is 2.50. The molecule has 1 fully saturated rings. The highest BCUT2D eigenvalue weighted by Crippen LogP contribution is 2.24. The molecule has 1 aromatic heterocycles. The topological polar surface area (TPSA) is 98.1 Å². The van der Waals surface area contributed by atoms with Gasteiger partial charge in [0.25, 0.3) is 11.5 Å².